The van der Waals surface area contributed by atoms with Crippen LogP contribution in [0.25, 0.3) is 0 Å². The van der Waals surface area contributed by atoms with Crippen LogP contribution < -0.4 is 20.7 Å². The molecule has 122 valence electrons. The Morgan fingerprint density at radius 3 is 2.18 bits per heavy atom. The maximum Gasteiger partial charge on any atom is 0.328 e. The third-order valence-corrected chi connectivity index (χ3v) is 3.36. The molecule has 1 aromatic rings. The van der Waals surface area contributed by atoms with Gasteiger partial charge in [-0.25, -0.2) is 9.69 Å². The molecule has 0 radical (unpaired) electrons. The highest BCUT2D eigenvalue weighted by atomic mass is 16.5. The van der Waals surface area contributed by atoms with Crippen molar-refractivity contribution in [1.82, 2.24) is 5.32 Å². The molecule has 0 unspecified atom stereocenters. The minimum Gasteiger partial charge on any atom is -0.494 e. The molecule has 1 rings (SSSR count). The molecule has 0 aliphatic rings. The molecule has 0 fully saturated rings. The molecule has 0 saturated heterocycles. The zero-order chi connectivity index (χ0) is 16.7. The van der Waals surface area contributed by atoms with Crippen molar-refractivity contribution in [3.05, 3.63) is 23.3 Å². The molecule has 0 bridgehead atoms. The molecule has 0 aromatic heterocycles. The lowest BCUT2D eigenvalue weighted by Crippen LogP contribution is -2.47. The van der Waals surface area contributed by atoms with Crippen molar-refractivity contribution >= 4 is 17.7 Å². The van der Waals surface area contributed by atoms with Crippen LogP contribution in [0.1, 0.15) is 38.3 Å². The summed E-state index contributed by atoms with van der Waals surface area (Å²) in [7, 11) is 1.52. The highest BCUT2D eigenvalue weighted by molar-refractivity contribution is 6.14. The topological polar surface area (TPSA) is 91.4 Å². The summed E-state index contributed by atoms with van der Waals surface area (Å²) in [5.41, 5.74) is 8.18. The number of carbonyl (C=O) groups excluding carboxylic acids is 1. The maximum atomic E-state index is 12.1. The second-order valence-electron chi connectivity index (χ2n) is 4.92. The Labute approximate surface area is 132 Å². The number of nitrogens with zero attached hydrogens (tertiary/aromatic N) is 1. The van der Waals surface area contributed by atoms with Crippen molar-refractivity contribution in [3.63, 3.8) is 0 Å². The Morgan fingerprint density at radius 1 is 1.27 bits per heavy atom. The van der Waals surface area contributed by atoms with Crippen LogP contribution in [0.4, 0.5) is 10.5 Å². The van der Waals surface area contributed by atoms with Crippen molar-refractivity contribution in [2.24, 2.45) is 5.73 Å². The number of aryl methyl sites for hydroxylation is 2. The Morgan fingerprint density at radius 2 is 1.82 bits per heavy atom. The van der Waals surface area contributed by atoms with E-state index in [1.165, 1.54) is 11.9 Å². The van der Waals surface area contributed by atoms with E-state index in [2.05, 4.69) is 12.2 Å². The smallest absolute Gasteiger partial charge is 0.328 e. The molecule has 6 heteroatoms. The Balaban J connectivity index is 3.43. The van der Waals surface area contributed by atoms with Gasteiger partial charge in [-0.15, -0.1) is 0 Å². The summed E-state index contributed by atoms with van der Waals surface area (Å²) in [6.07, 6.45) is 2.36. The lowest BCUT2D eigenvalue weighted by molar-refractivity contribution is 0.251. The largest absolute Gasteiger partial charge is 0.494 e. The maximum absolute atomic E-state index is 12.1. The van der Waals surface area contributed by atoms with Gasteiger partial charge in [0.1, 0.15) is 5.75 Å². The molecule has 4 N–H and O–H groups in total. The standard InChI is InChI=1S/C16H26N4O2/c1-5-8-22-13-9-11(6-2)14(12(7-3)10-13)20(15(17)18)16(21)19-4/h9-10H,5-8H2,1-4H3,(H3,17,18)(H,19,21). The van der Waals surface area contributed by atoms with Gasteiger partial charge in [-0.2, -0.15) is 0 Å². The van der Waals surface area contributed by atoms with Gasteiger partial charge >= 0.3 is 6.03 Å². The molecule has 0 aliphatic heterocycles. The number of nitrogens with two attached hydrogens (primary N) is 1. The SMILES string of the molecule is CCCOc1cc(CC)c(N(C(=N)N)C(=O)NC)c(CC)c1. The van der Waals surface area contributed by atoms with Gasteiger partial charge < -0.3 is 15.8 Å². The zero-order valence-electron chi connectivity index (χ0n) is 13.8. The predicted molar refractivity (Wildman–Crippen MR) is 89.8 cm³/mol. The summed E-state index contributed by atoms with van der Waals surface area (Å²) in [5.74, 6) is 0.491. The van der Waals surface area contributed by atoms with Gasteiger partial charge in [-0.3, -0.25) is 5.41 Å². The van der Waals surface area contributed by atoms with Crippen LogP contribution in [0.2, 0.25) is 0 Å². The Hall–Kier alpha value is -2.24. The van der Waals surface area contributed by atoms with Gasteiger partial charge in [0, 0.05) is 7.05 Å². The zero-order valence-corrected chi connectivity index (χ0v) is 13.8. The monoisotopic (exact) mass is 306 g/mol. The predicted octanol–water partition coefficient (Wildman–Crippen LogP) is 2.64. The summed E-state index contributed by atoms with van der Waals surface area (Å²) < 4.78 is 5.72. The number of ether oxygens (including phenoxy) is 1. The van der Waals surface area contributed by atoms with Crippen LogP contribution in [-0.2, 0) is 12.8 Å². The van der Waals surface area contributed by atoms with Crippen molar-refractivity contribution in [2.75, 3.05) is 18.6 Å². The number of rotatable bonds is 6. The minimum atomic E-state index is -0.417. The second-order valence-corrected chi connectivity index (χ2v) is 4.92. The van der Waals surface area contributed by atoms with Crippen LogP contribution >= 0.6 is 0 Å². The first-order valence-electron chi connectivity index (χ1n) is 7.64. The molecular formula is C16H26N4O2. The number of carbonyl (C=O) groups is 1. The molecule has 6 nitrogen and oxygen atoms in total. The van der Waals surface area contributed by atoms with Gasteiger partial charge in [-0.05, 0) is 42.5 Å². The number of urea groups is 1. The van der Waals surface area contributed by atoms with Crippen LogP contribution in [0.5, 0.6) is 5.75 Å². The third kappa shape index (κ3) is 3.90. The number of hydrogen-bond donors (Lipinski definition) is 3. The highest BCUT2D eigenvalue weighted by Crippen LogP contribution is 2.32. The van der Waals surface area contributed by atoms with Crippen LogP contribution in [-0.4, -0.2) is 25.6 Å². The van der Waals surface area contributed by atoms with Crippen molar-refractivity contribution in [3.8, 4) is 5.75 Å². The molecule has 0 atom stereocenters. The fourth-order valence-electron chi connectivity index (χ4n) is 2.30. The molecule has 2 amide bonds. The first-order chi connectivity index (χ1) is 10.5. The van der Waals surface area contributed by atoms with E-state index in [0.29, 0.717) is 25.1 Å². The first-order valence-corrected chi connectivity index (χ1v) is 7.64. The summed E-state index contributed by atoms with van der Waals surface area (Å²) in [6.45, 7) is 6.71. The molecule has 0 aliphatic carbocycles. The number of nitrogens with one attached hydrogen (secondary N) is 2. The molecule has 0 heterocycles. The number of anilines is 1. The van der Waals surface area contributed by atoms with Gasteiger partial charge in [0.2, 0.25) is 5.96 Å². The average molecular weight is 306 g/mol. The van der Waals surface area contributed by atoms with E-state index in [4.69, 9.17) is 15.9 Å². The minimum absolute atomic E-state index is 0.300. The van der Waals surface area contributed by atoms with E-state index in [1.54, 1.807) is 0 Å². The summed E-state index contributed by atoms with van der Waals surface area (Å²) in [4.78, 5) is 13.3. The van der Waals surface area contributed by atoms with Crippen LogP contribution in [0.3, 0.4) is 0 Å². The lowest BCUT2D eigenvalue weighted by Gasteiger charge is -2.26. The summed E-state index contributed by atoms with van der Waals surface area (Å²) in [5, 5.41) is 10.3. The van der Waals surface area contributed by atoms with Crippen molar-refractivity contribution in [2.45, 2.75) is 40.0 Å². The molecule has 1 aromatic carbocycles. The van der Waals surface area contributed by atoms with E-state index in [1.807, 2.05) is 26.0 Å². The Kier molecular flexibility index (Phi) is 6.69. The number of hydrogen-bond acceptors (Lipinski definition) is 3. The fraction of sp³-hybridized carbons (Fsp3) is 0.500. The lowest BCUT2D eigenvalue weighted by atomic mass is 10.0. The third-order valence-electron chi connectivity index (χ3n) is 3.36. The van der Waals surface area contributed by atoms with Gasteiger partial charge in [0.05, 0.1) is 12.3 Å². The first kappa shape index (κ1) is 17.8. The summed E-state index contributed by atoms with van der Waals surface area (Å²) in [6, 6.07) is 3.42. The average Bonchev–Trinajstić information content (AvgIpc) is 2.52. The number of amides is 2. The Bertz CT molecular complexity index is 518. The van der Waals surface area contributed by atoms with E-state index < -0.39 is 6.03 Å². The quantitative estimate of drug-likeness (QED) is 0.557. The molecular weight excluding hydrogens is 280 g/mol. The fourth-order valence-corrected chi connectivity index (χ4v) is 2.30. The van der Waals surface area contributed by atoms with Crippen LogP contribution in [0, 0.1) is 5.41 Å². The second kappa shape index (κ2) is 8.26. The van der Waals surface area contributed by atoms with E-state index >= 15 is 0 Å². The van der Waals surface area contributed by atoms with Gasteiger partial charge in [0.25, 0.3) is 0 Å². The van der Waals surface area contributed by atoms with E-state index in [9.17, 15) is 4.79 Å². The van der Waals surface area contributed by atoms with Gasteiger partial charge in [-0.1, -0.05) is 20.8 Å². The normalized spacial score (nSPS) is 10.2. The highest BCUT2D eigenvalue weighted by Gasteiger charge is 2.23. The van der Waals surface area contributed by atoms with E-state index in [-0.39, 0.29) is 5.96 Å². The van der Waals surface area contributed by atoms with Crippen LogP contribution in [0.15, 0.2) is 12.1 Å². The van der Waals surface area contributed by atoms with Gasteiger partial charge in [0.15, 0.2) is 0 Å². The molecule has 0 saturated carbocycles. The number of guanidine groups is 1. The van der Waals surface area contributed by atoms with Crippen molar-refractivity contribution < 1.29 is 9.53 Å². The van der Waals surface area contributed by atoms with E-state index in [0.717, 1.165) is 23.3 Å². The van der Waals surface area contributed by atoms with Crippen molar-refractivity contribution in [1.29, 1.82) is 5.41 Å². The summed E-state index contributed by atoms with van der Waals surface area (Å²) >= 11 is 0. The molecule has 22 heavy (non-hydrogen) atoms. The number of benzene rings is 1. The molecule has 0 spiro atoms.